The molecule has 0 amide bonds. The van der Waals surface area contributed by atoms with Crippen LogP contribution in [0.5, 0.6) is 0 Å². The molecule has 0 spiro atoms. The second-order valence-corrected chi connectivity index (χ2v) is 5.97. The molecule has 0 aliphatic heterocycles. The summed E-state index contributed by atoms with van der Waals surface area (Å²) in [6.45, 7) is 1.88. The van der Waals surface area contributed by atoms with Crippen molar-refractivity contribution in [3.8, 4) is 0 Å². The van der Waals surface area contributed by atoms with E-state index >= 15 is 0 Å². The SMILES string of the molecule is Cc1cc(C(Nc2cc(Cl)cc(Cl)c2)C(=O)O)ccc1S.[H-].[Na+]. The van der Waals surface area contributed by atoms with Crippen LogP contribution in [0.1, 0.15) is 18.6 Å². The summed E-state index contributed by atoms with van der Waals surface area (Å²) in [5.74, 6) is -0.989. The summed E-state index contributed by atoms with van der Waals surface area (Å²) in [6.07, 6.45) is 0. The molecular formula is C15H14Cl2NNaO2S. The van der Waals surface area contributed by atoms with Gasteiger partial charge in [-0.3, -0.25) is 0 Å². The molecule has 0 fully saturated rings. The van der Waals surface area contributed by atoms with Gasteiger partial charge in [-0.15, -0.1) is 12.6 Å². The number of nitrogens with one attached hydrogen (secondary N) is 1. The van der Waals surface area contributed by atoms with E-state index in [1.165, 1.54) is 0 Å². The molecule has 22 heavy (non-hydrogen) atoms. The number of carboxylic acid groups (broad SMARTS) is 1. The third-order valence-corrected chi connectivity index (χ3v) is 3.91. The second kappa shape index (κ2) is 8.48. The van der Waals surface area contributed by atoms with Crippen LogP contribution in [0.2, 0.25) is 10.0 Å². The number of anilines is 1. The second-order valence-electron chi connectivity index (χ2n) is 4.62. The fourth-order valence-electron chi connectivity index (χ4n) is 1.95. The van der Waals surface area contributed by atoms with E-state index in [1.807, 2.05) is 6.92 Å². The summed E-state index contributed by atoms with van der Waals surface area (Å²) in [7, 11) is 0. The Morgan fingerprint density at radius 2 is 1.82 bits per heavy atom. The van der Waals surface area contributed by atoms with Gasteiger partial charge in [-0.05, 0) is 42.3 Å². The molecule has 0 saturated heterocycles. The molecule has 2 rings (SSSR count). The van der Waals surface area contributed by atoms with Gasteiger partial charge in [-0.2, -0.15) is 0 Å². The number of thiol groups is 1. The van der Waals surface area contributed by atoms with E-state index in [4.69, 9.17) is 23.2 Å². The van der Waals surface area contributed by atoms with E-state index < -0.39 is 12.0 Å². The minimum atomic E-state index is -0.989. The van der Waals surface area contributed by atoms with E-state index in [0.717, 1.165) is 10.5 Å². The third kappa shape index (κ3) is 5.08. The minimum Gasteiger partial charge on any atom is -1.00 e. The zero-order valence-corrected chi connectivity index (χ0v) is 16.5. The predicted molar refractivity (Wildman–Crippen MR) is 90.0 cm³/mol. The van der Waals surface area contributed by atoms with Crippen molar-refractivity contribution >= 4 is 47.5 Å². The Balaban J connectivity index is 0.00000242. The van der Waals surface area contributed by atoms with E-state index in [-0.39, 0.29) is 31.0 Å². The molecule has 2 aromatic rings. The fourth-order valence-corrected chi connectivity index (χ4v) is 2.61. The van der Waals surface area contributed by atoms with Crippen LogP contribution in [0.3, 0.4) is 0 Å². The molecule has 2 aromatic carbocycles. The molecule has 0 heterocycles. The number of hydrogen-bond donors (Lipinski definition) is 3. The van der Waals surface area contributed by atoms with Gasteiger partial charge < -0.3 is 11.8 Å². The van der Waals surface area contributed by atoms with Crippen LogP contribution in [0.15, 0.2) is 41.3 Å². The van der Waals surface area contributed by atoms with Gasteiger partial charge in [-0.25, -0.2) is 4.79 Å². The maximum atomic E-state index is 11.5. The van der Waals surface area contributed by atoms with E-state index in [0.29, 0.717) is 21.3 Å². The monoisotopic (exact) mass is 365 g/mol. The quantitative estimate of drug-likeness (QED) is 0.573. The Labute approximate surface area is 168 Å². The summed E-state index contributed by atoms with van der Waals surface area (Å²) < 4.78 is 0. The molecule has 1 atom stereocenters. The van der Waals surface area contributed by atoms with Gasteiger partial charge in [0.25, 0.3) is 0 Å². The first-order chi connectivity index (χ1) is 9.86. The summed E-state index contributed by atoms with van der Waals surface area (Å²) in [5, 5.41) is 13.3. The van der Waals surface area contributed by atoms with Crippen LogP contribution in [-0.4, -0.2) is 11.1 Å². The van der Waals surface area contributed by atoms with Gasteiger partial charge in [0, 0.05) is 20.6 Å². The molecule has 0 aliphatic carbocycles. The first-order valence-corrected chi connectivity index (χ1v) is 7.32. The maximum absolute atomic E-state index is 11.5. The zero-order valence-electron chi connectivity index (χ0n) is 13.1. The zero-order chi connectivity index (χ0) is 15.6. The molecule has 1 unspecified atom stereocenters. The number of rotatable bonds is 4. The first kappa shape index (κ1) is 19.7. The number of carbonyl (C=O) groups is 1. The van der Waals surface area contributed by atoms with Crippen LogP contribution < -0.4 is 34.9 Å². The molecule has 2 N–H and O–H groups in total. The van der Waals surface area contributed by atoms with Crippen molar-refractivity contribution in [2.45, 2.75) is 17.9 Å². The van der Waals surface area contributed by atoms with Crippen LogP contribution in [0.25, 0.3) is 0 Å². The third-order valence-electron chi connectivity index (χ3n) is 2.97. The summed E-state index contributed by atoms with van der Waals surface area (Å²) in [6, 6.07) is 9.24. The molecule has 0 aliphatic rings. The molecule has 112 valence electrons. The molecular weight excluding hydrogens is 352 g/mol. The first-order valence-electron chi connectivity index (χ1n) is 6.12. The average Bonchev–Trinajstić information content (AvgIpc) is 2.38. The molecule has 7 heteroatoms. The Bertz CT molecular complexity index is 683. The van der Waals surface area contributed by atoms with E-state index in [2.05, 4.69) is 17.9 Å². The smallest absolute Gasteiger partial charge is 1.00 e. The van der Waals surface area contributed by atoms with Gasteiger partial charge in [0.05, 0.1) is 0 Å². The van der Waals surface area contributed by atoms with Crippen molar-refractivity contribution < 1.29 is 40.9 Å². The molecule has 3 nitrogen and oxygen atoms in total. The number of carboxylic acids is 1. The molecule has 0 saturated carbocycles. The van der Waals surface area contributed by atoms with Gasteiger partial charge in [0.2, 0.25) is 0 Å². The number of benzene rings is 2. The number of halogens is 2. The maximum Gasteiger partial charge on any atom is 1.00 e. The Morgan fingerprint density at radius 1 is 1.23 bits per heavy atom. The van der Waals surface area contributed by atoms with Gasteiger partial charge in [0.1, 0.15) is 0 Å². The van der Waals surface area contributed by atoms with Crippen molar-refractivity contribution in [3.63, 3.8) is 0 Å². The van der Waals surface area contributed by atoms with Crippen molar-refractivity contribution in [1.29, 1.82) is 0 Å². The Morgan fingerprint density at radius 3 is 2.32 bits per heavy atom. The average molecular weight is 366 g/mol. The van der Waals surface area contributed by atoms with Crippen LogP contribution in [0, 0.1) is 6.92 Å². The minimum absolute atomic E-state index is 0. The topological polar surface area (TPSA) is 49.3 Å². The summed E-state index contributed by atoms with van der Waals surface area (Å²) in [4.78, 5) is 12.3. The normalized spacial score (nSPS) is 11.5. The van der Waals surface area contributed by atoms with Gasteiger partial charge in [-0.1, -0.05) is 35.3 Å². The standard InChI is InChI=1S/C15H13Cl2NO2S.Na.H/c1-8-4-9(2-3-13(8)21)14(15(19)20)18-12-6-10(16)5-11(17)7-12;;/h2-7,14,18,21H,1H3,(H,19,20);;/q;+1;-1. The molecule has 0 aromatic heterocycles. The molecule has 0 radical (unpaired) electrons. The van der Waals surface area contributed by atoms with E-state index in [9.17, 15) is 9.90 Å². The van der Waals surface area contributed by atoms with Crippen molar-refractivity contribution in [2.75, 3.05) is 5.32 Å². The van der Waals surface area contributed by atoms with Crippen LogP contribution in [-0.2, 0) is 4.79 Å². The summed E-state index contributed by atoms with van der Waals surface area (Å²) in [5.41, 5.74) is 2.09. The molecule has 0 bridgehead atoms. The Kier molecular flexibility index (Phi) is 7.59. The Hall–Kier alpha value is -0.360. The van der Waals surface area contributed by atoms with Crippen molar-refractivity contribution in [2.24, 2.45) is 0 Å². The largest absolute Gasteiger partial charge is 1.00 e. The van der Waals surface area contributed by atoms with Crippen molar-refractivity contribution in [3.05, 3.63) is 57.6 Å². The van der Waals surface area contributed by atoms with Gasteiger partial charge >= 0.3 is 35.5 Å². The fraction of sp³-hybridized carbons (Fsp3) is 0.133. The summed E-state index contributed by atoms with van der Waals surface area (Å²) >= 11 is 16.1. The number of hydrogen-bond acceptors (Lipinski definition) is 3. The van der Waals surface area contributed by atoms with Crippen LogP contribution >= 0.6 is 35.8 Å². The van der Waals surface area contributed by atoms with Gasteiger partial charge in [0.15, 0.2) is 6.04 Å². The number of aryl methyl sites for hydroxylation is 1. The van der Waals surface area contributed by atoms with Crippen LogP contribution in [0.4, 0.5) is 5.69 Å². The van der Waals surface area contributed by atoms with E-state index in [1.54, 1.807) is 36.4 Å². The van der Waals surface area contributed by atoms with Crippen molar-refractivity contribution in [1.82, 2.24) is 0 Å². The predicted octanol–water partition coefficient (Wildman–Crippen LogP) is 1.94. The number of aliphatic carboxylic acids is 1.